The highest BCUT2D eigenvalue weighted by atomic mass is 19.1. The first-order chi connectivity index (χ1) is 13.5. The zero-order chi connectivity index (χ0) is 20.1. The predicted octanol–water partition coefficient (Wildman–Crippen LogP) is 4.71. The molecule has 1 aliphatic heterocycles. The van der Waals surface area contributed by atoms with Gasteiger partial charge in [-0.1, -0.05) is 18.2 Å². The standard InChI is InChI=1S/C23H25FO4/c1-15-16(2)22(9-5-17(15)6-10-23(25)26)28-14-19-13-27-12-11-21(19)18-3-7-20(24)8-4-18/h3-5,7-9H,6,10-14H2,1-2H3,(H,25,26). The molecular formula is C23H25FO4. The summed E-state index contributed by atoms with van der Waals surface area (Å²) in [4.78, 5) is 10.8. The summed E-state index contributed by atoms with van der Waals surface area (Å²) in [7, 11) is 0. The minimum absolute atomic E-state index is 0.117. The summed E-state index contributed by atoms with van der Waals surface area (Å²) in [5, 5.41) is 8.89. The van der Waals surface area contributed by atoms with Crippen molar-refractivity contribution in [1.29, 1.82) is 0 Å². The van der Waals surface area contributed by atoms with E-state index in [1.54, 1.807) is 12.1 Å². The van der Waals surface area contributed by atoms with E-state index in [9.17, 15) is 9.18 Å². The Bertz CT molecular complexity index is 884. The highest BCUT2D eigenvalue weighted by Crippen LogP contribution is 2.29. The fraction of sp³-hybridized carbons (Fsp3) is 0.348. The average molecular weight is 384 g/mol. The predicted molar refractivity (Wildman–Crippen MR) is 106 cm³/mol. The lowest BCUT2D eigenvalue weighted by atomic mass is 9.96. The van der Waals surface area contributed by atoms with Crippen LogP contribution in [0.4, 0.5) is 4.39 Å². The first kappa shape index (κ1) is 20.1. The highest BCUT2D eigenvalue weighted by Gasteiger charge is 2.17. The van der Waals surface area contributed by atoms with E-state index in [4.69, 9.17) is 14.6 Å². The summed E-state index contributed by atoms with van der Waals surface area (Å²) in [6, 6.07) is 10.4. The second kappa shape index (κ2) is 9.02. The largest absolute Gasteiger partial charge is 0.489 e. The van der Waals surface area contributed by atoms with E-state index in [2.05, 4.69) is 0 Å². The third-order valence-electron chi connectivity index (χ3n) is 5.25. The van der Waals surface area contributed by atoms with Crippen molar-refractivity contribution < 1.29 is 23.8 Å². The number of rotatable bonds is 7. The van der Waals surface area contributed by atoms with Crippen LogP contribution in [-0.4, -0.2) is 30.9 Å². The van der Waals surface area contributed by atoms with E-state index in [1.807, 2.05) is 26.0 Å². The summed E-state index contributed by atoms with van der Waals surface area (Å²) < 4.78 is 24.9. The minimum atomic E-state index is -0.796. The van der Waals surface area contributed by atoms with Crippen LogP contribution in [0, 0.1) is 19.7 Å². The number of hydrogen-bond acceptors (Lipinski definition) is 3. The molecule has 0 spiro atoms. The number of hydrogen-bond donors (Lipinski definition) is 1. The van der Waals surface area contributed by atoms with Crippen molar-refractivity contribution >= 4 is 11.5 Å². The number of ether oxygens (including phenoxy) is 2. The topological polar surface area (TPSA) is 55.8 Å². The molecule has 148 valence electrons. The van der Waals surface area contributed by atoms with Gasteiger partial charge in [0.25, 0.3) is 0 Å². The van der Waals surface area contributed by atoms with E-state index < -0.39 is 5.97 Å². The Balaban J connectivity index is 1.77. The van der Waals surface area contributed by atoms with Crippen LogP contribution in [0.3, 0.4) is 0 Å². The maximum atomic E-state index is 13.2. The maximum Gasteiger partial charge on any atom is 0.303 e. The van der Waals surface area contributed by atoms with Crippen LogP contribution in [-0.2, 0) is 16.0 Å². The number of benzene rings is 2. The van der Waals surface area contributed by atoms with E-state index >= 15 is 0 Å². The molecule has 1 aliphatic rings. The Morgan fingerprint density at radius 1 is 1.14 bits per heavy atom. The second-order valence-corrected chi connectivity index (χ2v) is 7.05. The van der Waals surface area contributed by atoms with Gasteiger partial charge in [-0.2, -0.15) is 0 Å². The molecule has 28 heavy (non-hydrogen) atoms. The maximum absolute atomic E-state index is 13.2. The molecular weight excluding hydrogens is 359 g/mol. The number of carboxylic acids is 1. The van der Waals surface area contributed by atoms with Crippen molar-refractivity contribution in [3.63, 3.8) is 0 Å². The summed E-state index contributed by atoms with van der Waals surface area (Å²) in [5.41, 5.74) is 6.32. The zero-order valence-corrected chi connectivity index (χ0v) is 16.3. The molecule has 0 saturated carbocycles. The zero-order valence-electron chi connectivity index (χ0n) is 16.3. The first-order valence-corrected chi connectivity index (χ1v) is 9.44. The molecule has 0 saturated heterocycles. The van der Waals surface area contributed by atoms with E-state index in [1.165, 1.54) is 12.1 Å². The van der Waals surface area contributed by atoms with Crippen LogP contribution in [0.1, 0.15) is 35.1 Å². The summed E-state index contributed by atoms with van der Waals surface area (Å²) in [6.45, 7) is 5.53. The molecule has 5 heteroatoms. The van der Waals surface area contributed by atoms with Crippen LogP contribution in [0.5, 0.6) is 5.75 Å². The Morgan fingerprint density at radius 3 is 2.61 bits per heavy atom. The molecule has 0 radical (unpaired) electrons. The molecule has 0 unspecified atom stereocenters. The van der Waals surface area contributed by atoms with Gasteiger partial charge in [0.1, 0.15) is 18.2 Å². The SMILES string of the molecule is Cc1c(CCC(=O)O)ccc(OCC2=C(c3ccc(F)cc3)CCOC2)c1C. The molecule has 2 aromatic rings. The van der Waals surface area contributed by atoms with Crippen molar-refractivity contribution in [2.75, 3.05) is 19.8 Å². The number of aliphatic carboxylic acids is 1. The second-order valence-electron chi connectivity index (χ2n) is 7.05. The van der Waals surface area contributed by atoms with Crippen LogP contribution in [0.15, 0.2) is 42.0 Å². The minimum Gasteiger partial charge on any atom is -0.489 e. The van der Waals surface area contributed by atoms with E-state index in [-0.39, 0.29) is 12.2 Å². The highest BCUT2D eigenvalue weighted by molar-refractivity contribution is 5.70. The third-order valence-corrected chi connectivity index (χ3v) is 5.25. The van der Waals surface area contributed by atoms with E-state index in [0.717, 1.165) is 45.6 Å². The Labute approximate surface area is 164 Å². The van der Waals surface area contributed by atoms with Crippen LogP contribution in [0.25, 0.3) is 5.57 Å². The van der Waals surface area contributed by atoms with Gasteiger partial charge in [-0.3, -0.25) is 4.79 Å². The van der Waals surface area contributed by atoms with Gasteiger partial charge in [0.2, 0.25) is 0 Å². The van der Waals surface area contributed by atoms with Gasteiger partial charge in [-0.15, -0.1) is 0 Å². The smallest absolute Gasteiger partial charge is 0.303 e. The van der Waals surface area contributed by atoms with Gasteiger partial charge in [-0.25, -0.2) is 4.39 Å². The molecule has 0 amide bonds. The fourth-order valence-corrected chi connectivity index (χ4v) is 3.45. The number of halogens is 1. The van der Waals surface area contributed by atoms with Crippen molar-refractivity contribution in [2.45, 2.75) is 33.1 Å². The summed E-state index contributed by atoms with van der Waals surface area (Å²) in [6.07, 6.45) is 1.40. The molecule has 1 N–H and O–H groups in total. The molecule has 0 aromatic heterocycles. The first-order valence-electron chi connectivity index (χ1n) is 9.44. The lowest BCUT2D eigenvalue weighted by molar-refractivity contribution is -0.136. The summed E-state index contributed by atoms with van der Waals surface area (Å²) in [5.74, 6) is -0.258. The Kier molecular flexibility index (Phi) is 6.47. The van der Waals surface area contributed by atoms with Gasteiger partial charge in [0.05, 0.1) is 13.2 Å². The molecule has 2 aromatic carbocycles. The van der Waals surface area contributed by atoms with E-state index in [0.29, 0.717) is 26.2 Å². The van der Waals surface area contributed by atoms with Crippen LogP contribution >= 0.6 is 0 Å². The summed E-state index contributed by atoms with van der Waals surface area (Å²) >= 11 is 0. The Hall–Kier alpha value is -2.66. The normalized spacial score (nSPS) is 14.2. The lowest BCUT2D eigenvalue weighted by Gasteiger charge is -2.22. The van der Waals surface area contributed by atoms with Crippen molar-refractivity contribution in [3.8, 4) is 5.75 Å². The molecule has 1 heterocycles. The molecule has 0 bridgehead atoms. The molecule has 4 nitrogen and oxygen atoms in total. The number of aryl methyl sites for hydroxylation is 1. The van der Waals surface area contributed by atoms with Crippen molar-refractivity contribution in [3.05, 3.63) is 70.0 Å². The van der Waals surface area contributed by atoms with Crippen molar-refractivity contribution in [1.82, 2.24) is 0 Å². The van der Waals surface area contributed by atoms with Gasteiger partial charge in [0.15, 0.2) is 0 Å². The molecule has 0 aliphatic carbocycles. The van der Waals surface area contributed by atoms with Crippen molar-refractivity contribution in [2.24, 2.45) is 0 Å². The van der Waals surface area contributed by atoms with Crippen LogP contribution in [0.2, 0.25) is 0 Å². The number of carbonyl (C=O) groups is 1. The molecule has 0 fully saturated rings. The van der Waals surface area contributed by atoms with Gasteiger partial charge in [0, 0.05) is 6.42 Å². The van der Waals surface area contributed by atoms with Gasteiger partial charge in [-0.05, 0) is 78.3 Å². The quantitative estimate of drug-likeness (QED) is 0.751. The number of carboxylic acid groups (broad SMARTS) is 1. The molecule has 0 atom stereocenters. The fourth-order valence-electron chi connectivity index (χ4n) is 3.45. The van der Waals surface area contributed by atoms with Gasteiger partial charge < -0.3 is 14.6 Å². The average Bonchev–Trinajstić information content (AvgIpc) is 2.69. The third kappa shape index (κ3) is 4.78. The lowest BCUT2D eigenvalue weighted by Crippen LogP contribution is -2.16. The van der Waals surface area contributed by atoms with Crippen LogP contribution < -0.4 is 4.74 Å². The Morgan fingerprint density at radius 2 is 1.89 bits per heavy atom. The van der Waals surface area contributed by atoms with Gasteiger partial charge >= 0.3 is 5.97 Å². The monoisotopic (exact) mass is 384 g/mol. The molecule has 3 rings (SSSR count).